The van der Waals surface area contributed by atoms with E-state index in [4.69, 9.17) is 4.74 Å². The molecule has 120 valence electrons. The minimum absolute atomic E-state index is 0.0986. The van der Waals surface area contributed by atoms with Crippen molar-refractivity contribution < 1.29 is 9.53 Å². The molecule has 0 spiro atoms. The van der Waals surface area contributed by atoms with Gasteiger partial charge in [-0.3, -0.25) is 9.69 Å². The van der Waals surface area contributed by atoms with E-state index in [9.17, 15) is 4.79 Å². The van der Waals surface area contributed by atoms with Crippen molar-refractivity contribution in [3.63, 3.8) is 0 Å². The van der Waals surface area contributed by atoms with E-state index < -0.39 is 0 Å². The van der Waals surface area contributed by atoms with Gasteiger partial charge in [0.25, 0.3) is 0 Å². The molecule has 1 saturated heterocycles. The standard InChI is InChI=1S/C19H21NO2S/c1-23-17-8-6-15(7-9-17)19(21)18-5-3-2-4-16(18)14-20-10-12-22-13-11-20/h2-9H,10-14H2,1H3. The van der Waals surface area contributed by atoms with Crippen LogP contribution in [-0.2, 0) is 11.3 Å². The lowest BCUT2D eigenvalue weighted by Gasteiger charge is -2.27. The van der Waals surface area contributed by atoms with Gasteiger partial charge in [-0.1, -0.05) is 24.3 Å². The number of ether oxygens (including phenoxy) is 1. The van der Waals surface area contributed by atoms with E-state index in [1.807, 2.05) is 48.7 Å². The lowest BCUT2D eigenvalue weighted by atomic mass is 9.98. The summed E-state index contributed by atoms with van der Waals surface area (Å²) in [6.07, 6.45) is 2.04. The highest BCUT2D eigenvalue weighted by atomic mass is 32.2. The number of morpholine rings is 1. The van der Waals surface area contributed by atoms with Gasteiger partial charge in [0.1, 0.15) is 0 Å². The molecule has 0 atom stereocenters. The molecule has 0 aromatic heterocycles. The van der Waals surface area contributed by atoms with Crippen molar-refractivity contribution in [3.8, 4) is 0 Å². The highest BCUT2D eigenvalue weighted by molar-refractivity contribution is 7.98. The number of hydrogen-bond donors (Lipinski definition) is 0. The maximum atomic E-state index is 12.9. The van der Waals surface area contributed by atoms with Crippen LogP contribution in [0.3, 0.4) is 0 Å². The molecule has 2 aromatic rings. The van der Waals surface area contributed by atoms with Gasteiger partial charge < -0.3 is 4.74 Å². The van der Waals surface area contributed by atoms with Crippen LogP contribution in [0.25, 0.3) is 0 Å². The van der Waals surface area contributed by atoms with Crippen LogP contribution in [-0.4, -0.2) is 43.2 Å². The van der Waals surface area contributed by atoms with Crippen LogP contribution in [0.1, 0.15) is 21.5 Å². The van der Waals surface area contributed by atoms with Crippen LogP contribution in [0, 0.1) is 0 Å². The second-order valence-corrected chi connectivity index (χ2v) is 6.48. The van der Waals surface area contributed by atoms with Crippen molar-refractivity contribution in [2.75, 3.05) is 32.6 Å². The molecule has 4 heteroatoms. The molecule has 0 saturated carbocycles. The summed E-state index contributed by atoms with van der Waals surface area (Å²) in [6.45, 7) is 4.18. The number of nitrogens with zero attached hydrogens (tertiary/aromatic N) is 1. The van der Waals surface area contributed by atoms with Gasteiger partial charge in [0, 0.05) is 35.7 Å². The Hall–Kier alpha value is -1.62. The summed E-state index contributed by atoms with van der Waals surface area (Å²) in [5, 5.41) is 0. The molecule has 0 radical (unpaired) electrons. The van der Waals surface area contributed by atoms with Gasteiger partial charge in [-0.25, -0.2) is 0 Å². The van der Waals surface area contributed by atoms with Crippen LogP contribution < -0.4 is 0 Å². The van der Waals surface area contributed by atoms with E-state index in [0.717, 1.165) is 49.5 Å². The van der Waals surface area contributed by atoms with Gasteiger partial charge in [0.05, 0.1) is 13.2 Å². The third-order valence-corrected chi connectivity index (χ3v) is 4.86. The van der Waals surface area contributed by atoms with Crippen LogP contribution in [0.15, 0.2) is 53.4 Å². The van der Waals surface area contributed by atoms with Crippen molar-refractivity contribution in [2.45, 2.75) is 11.4 Å². The molecule has 0 unspecified atom stereocenters. The lowest BCUT2D eigenvalue weighted by Crippen LogP contribution is -2.36. The maximum Gasteiger partial charge on any atom is 0.193 e. The molecule has 3 nitrogen and oxygen atoms in total. The third-order valence-electron chi connectivity index (χ3n) is 4.11. The van der Waals surface area contributed by atoms with Gasteiger partial charge in [-0.15, -0.1) is 11.8 Å². The predicted molar refractivity (Wildman–Crippen MR) is 94.2 cm³/mol. The molecular formula is C19H21NO2S. The Labute approximate surface area is 141 Å². The molecule has 3 rings (SSSR count). The van der Waals surface area contributed by atoms with E-state index in [0.29, 0.717) is 0 Å². The van der Waals surface area contributed by atoms with Gasteiger partial charge in [-0.05, 0) is 36.1 Å². The SMILES string of the molecule is CSc1ccc(C(=O)c2ccccc2CN2CCOCC2)cc1. The summed E-state index contributed by atoms with van der Waals surface area (Å²) in [6, 6.07) is 15.8. The van der Waals surface area contributed by atoms with Crippen LogP contribution in [0.5, 0.6) is 0 Å². The summed E-state index contributed by atoms with van der Waals surface area (Å²) in [5.41, 5.74) is 2.64. The minimum Gasteiger partial charge on any atom is -0.379 e. The second-order valence-electron chi connectivity index (χ2n) is 5.60. The number of hydrogen-bond acceptors (Lipinski definition) is 4. The fourth-order valence-corrected chi connectivity index (χ4v) is 3.19. The fraction of sp³-hybridized carbons (Fsp3) is 0.316. The number of thioether (sulfide) groups is 1. The second kappa shape index (κ2) is 7.77. The number of rotatable bonds is 5. The topological polar surface area (TPSA) is 29.5 Å². The monoisotopic (exact) mass is 327 g/mol. The zero-order valence-corrected chi connectivity index (χ0v) is 14.1. The molecule has 1 heterocycles. The smallest absolute Gasteiger partial charge is 0.193 e. The quantitative estimate of drug-likeness (QED) is 0.621. The third kappa shape index (κ3) is 4.02. The Morgan fingerprint density at radius 3 is 2.48 bits per heavy atom. The largest absolute Gasteiger partial charge is 0.379 e. The van der Waals surface area contributed by atoms with Crippen LogP contribution in [0.4, 0.5) is 0 Å². The molecular weight excluding hydrogens is 306 g/mol. The molecule has 0 bridgehead atoms. The van der Waals surface area contributed by atoms with E-state index in [1.165, 1.54) is 4.90 Å². The van der Waals surface area contributed by atoms with Gasteiger partial charge in [0.2, 0.25) is 0 Å². The number of carbonyl (C=O) groups is 1. The highest BCUT2D eigenvalue weighted by Gasteiger charge is 2.17. The Kier molecular flexibility index (Phi) is 5.49. The Morgan fingerprint density at radius 1 is 1.09 bits per heavy atom. The molecule has 1 aliphatic rings. The van der Waals surface area contributed by atoms with Gasteiger partial charge in [0.15, 0.2) is 5.78 Å². The summed E-state index contributed by atoms with van der Waals surface area (Å²) < 4.78 is 5.40. The number of carbonyl (C=O) groups excluding carboxylic acids is 1. The molecule has 0 amide bonds. The lowest BCUT2D eigenvalue weighted by molar-refractivity contribution is 0.0341. The van der Waals surface area contributed by atoms with Crippen molar-refractivity contribution in [3.05, 3.63) is 65.2 Å². The van der Waals surface area contributed by atoms with Crippen molar-refractivity contribution in [2.24, 2.45) is 0 Å². The molecule has 0 N–H and O–H groups in total. The predicted octanol–water partition coefficient (Wildman–Crippen LogP) is 3.47. The average molecular weight is 327 g/mol. The highest BCUT2D eigenvalue weighted by Crippen LogP contribution is 2.20. The van der Waals surface area contributed by atoms with Crippen LogP contribution in [0.2, 0.25) is 0 Å². The van der Waals surface area contributed by atoms with E-state index in [1.54, 1.807) is 11.8 Å². The first-order valence-corrected chi connectivity index (χ1v) is 9.07. The summed E-state index contributed by atoms with van der Waals surface area (Å²) in [4.78, 5) is 16.4. The molecule has 23 heavy (non-hydrogen) atoms. The number of ketones is 1. The first-order valence-electron chi connectivity index (χ1n) is 7.84. The fourth-order valence-electron chi connectivity index (χ4n) is 2.78. The van der Waals surface area contributed by atoms with E-state index in [-0.39, 0.29) is 5.78 Å². The summed E-state index contributed by atoms with van der Waals surface area (Å²) >= 11 is 1.68. The van der Waals surface area contributed by atoms with Gasteiger partial charge in [-0.2, -0.15) is 0 Å². The van der Waals surface area contributed by atoms with Crippen molar-refractivity contribution in [1.82, 2.24) is 4.90 Å². The van der Waals surface area contributed by atoms with Crippen LogP contribution >= 0.6 is 11.8 Å². The zero-order chi connectivity index (χ0) is 16.1. The van der Waals surface area contributed by atoms with E-state index in [2.05, 4.69) is 11.0 Å². The van der Waals surface area contributed by atoms with Crippen molar-refractivity contribution in [1.29, 1.82) is 0 Å². The molecule has 2 aromatic carbocycles. The average Bonchev–Trinajstić information content (AvgIpc) is 2.62. The molecule has 1 fully saturated rings. The summed E-state index contributed by atoms with van der Waals surface area (Å²) in [5.74, 6) is 0.0986. The number of benzene rings is 2. The minimum atomic E-state index is 0.0986. The Bertz CT molecular complexity index is 663. The zero-order valence-electron chi connectivity index (χ0n) is 13.3. The Morgan fingerprint density at radius 2 is 1.78 bits per heavy atom. The first-order chi connectivity index (χ1) is 11.3. The normalized spacial score (nSPS) is 15.5. The first kappa shape index (κ1) is 16.2. The summed E-state index contributed by atoms with van der Waals surface area (Å²) in [7, 11) is 0. The van der Waals surface area contributed by atoms with Gasteiger partial charge >= 0.3 is 0 Å². The van der Waals surface area contributed by atoms with E-state index >= 15 is 0 Å². The molecule has 0 aliphatic carbocycles. The maximum absolute atomic E-state index is 12.9. The van der Waals surface area contributed by atoms with Crippen molar-refractivity contribution >= 4 is 17.5 Å². The molecule has 1 aliphatic heterocycles. The Balaban J connectivity index is 1.81.